The predicted molar refractivity (Wildman–Crippen MR) is 79.7 cm³/mol. The van der Waals surface area contributed by atoms with Crippen molar-refractivity contribution in [3.63, 3.8) is 0 Å². The van der Waals surface area contributed by atoms with E-state index in [1.54, 1.807) is 7.11 Å². The molecule has 5 nitrogen and oxygen atoms in total. The third kappa shape index (κ3) is 6.20. The van der Waals surface area contributed by atoms with Gasteiger partial charge >= 0.3 is 0 Å². The van der Waals surface area contributed by atoms with E-state index >= 15 is 0 Å². The third-order valence-corrected chi connectivity index (χ3v) is 4.19. The molecule has 1 aliphatic carbocycles. The molecule has 1 saturated carbocycles. The van der Waals surface area contributed by atoms with Crippen molar-refractivity contribution in [1.29, 1.82) is 0 Å². The first-order valence-corrected chi connectivity index (χ1v) is 7.99. The summed E-state index contributed by atoms with van der Waals surface area (Å²) in [5.41, 5.74) is 0. The number of rotatable bonds is 9. The number of hydrogen-bond donors (Lipinski definition) is 2. The molecule has 2 fully saturated rings. The average molecular weight is 283 g/mol. The van der Waals surface area contributed by atoms with Gasteiger partial charge in [0.05, 0.1) is 6.54 Å². The first-order valence-electron chi connectivity index (χ1n) is 7.99. The summed E-state index contributed by atoms with van der Waals surface area (Å²) in [6.45, 7) is 5.24. The minimum Gasteiger partial charge on any atom is -0.385 e. The normalized spacial score (nSPS) is 21.1. The van der Waals surface area contributed by atoms with Crippen LogP contribution in [0.15, 0.2) is 0 Å². The van der Waals surface area contributed by atoms with Crippen LogP contribution in [0.2, 0.25) is 0 Å². The van der Waals surface area contributed by atoms with Crippen LogP contribution in [-0.2, 0) is 9.53 Å². The van der Waals surface area contributed by atoms with Gasteiger partial charge < -0.3 is 15.4 Å². The number of carbonyl (C=O) groups is 1. The topological polar surface area (TPSA) is 53.6 Å². The number of carbonyl (C=O) groups excluding carboxylic acids is 1. The summed E-state index contributed by atoms with van der Waals surface area (Å²) in [4.78, 5) is 14.0. The second-order valence-corrected chi connectivity index (χ2v) is 6.10. The molecule has 1 aliphatic heterocycles. The van der Waals surface area contributed by atoms with Crippen molar-refractivity contribution in [2.75, 3.05) is 46.4 Å². The highest BCUT2D eigenvalue weighted by atomic mass is 16.5. The first-order chi connectivity index (χ1) is 9.78. The molecule has 0 aromatic rings. The van der Waals surface area contributed by atoms with E-state index < -0.39 is 0 Å². The molecule has 2 rings (SSSR count). The lowest BCUT2D eigenvalue weighted by atomic mass is 10.0. The van der Waals surface area contributed by atoms with Crippen molar-refractivity contribution in [2.24, 2.45) is 5.92 Å². The van der Waals surface area contributed by atoms with Crippen molar-refractivity contribution in [1.82, 2.24) is 15.5 Å². The Kier molecular flexibility index (Phi) is 6.76. The SMILES string of the molecule is COCCCNC(=O)CN1CCC(NCC2CC2)CC1. The van der Waals surface area contributed by atoms with Crippen LogP contribution in [0.3, 0.4) is 0 Å². The number of likely N-dealkylation sites (tertiary alicyclic amines) is 1. The molecule has 116 valence electrons. The Morgan fingerprint density at radius 1 is 1.25 bits per heavy atom. The van der Waals surface area contributed by atoms with Crippen LogP contribution in [-0.4, -0.2) is 63.3 Å². The number of nitrogens with one attached hydrogen (secondary N) is 2. The molecule has 20 heavy (non-hydrogen) atoms. The van der Waals surface area contributed by atoms with Gasteiger partial charge in [-0.05, 0) is 44.6 Å². The van der Waals surface area contributed by atoms with Gasteiger partial charge in [0.1, 0.15) is 0 Å². The maximum atomic E-state index is 11.8. The Hall–Kier alpha value is -0.650. The van der Waals surface area contributed by atoms with E-state index in [0.29, 0.717) is 25.7 Å². The molecule has 0 radical (unpaired) electrons. The summed E-state index contributed by atoms with van der Waals surface area (Å²) < 4.78 is 4.96. The summed E-state index contributed by atoms with van der Waals surface area (Å²) in [7, 11) is 1.68. The summed E-state index contributed by atoms with van der Waals surface area (Å²) in [6, 6.07) is 0.664. The van der Waals surface area contributed by atoms with E-state index in [9.17, 15) is 4.79 Å². The minimum absolute atomic E-state index is 0.144. The van der Waals surface area contributed by atoms with Gasteiger partial charge in [0.25, 0.3) is 0 Å². The predicted octanol–water partition coefficient (Wildman–Crippen LogP) is 0.603. The fourth-order valence-electron chi connectivity index (χ4n) is 2.65. The van der Waals surface area contributed by atoms with Crippen LogP contribution < -0.4 is 10.6 Å². The molecule has 0 aromatic heterocycles. The van der Waals surface area contributed by atoms with Crippen molar-refractivity contribution in [3.8, 4) is 0 Å². The average Bonchev–Trinajstić information content (AvgIpc) is 3.27. The fraction of sp³-hybridized carbons (Fsp3) is 0.933. The highest BCUT2D eigenvalue weighted by Crippen LogP contribution is 2.28. The first kappa shape index (κ1) is 15.7. The van der Waals surface area contributed by atoms with Crippen molar-refractivity contribution in [2.45, 2.75) is 38.1 Å². The zero-order valence-electron chi connectivity index (χ0n) is 12.7. The molecular weight excluding hydrogens is 254 g/mol. The second-order valence-electron chi connectivity index (χ2n) is 6.10. The summed E-state index contributed by atoms with van der Waals surface area (Å²) in [6.07, 6.45) is 6.05. The van der Waals surface area contributed by atoms with Gasteiger partial charge in [-0.15, -0.1) is 0 Å². The van der Waals surface area contributed by atoms with Crippen molar-refractivity contribution in [3.05, 3.63) is 0 Å². The van der Waals surface area contributed by atoms with Crippen LogP contribution >= 0.6 is 0 Å². The molecule has 5 heteroatoms. The minimum atomic E-state index is 0.144. The lowest BCUT2D eigenvalue weighted by Crippen LogP contribution is -2.46. The van der Waals surface area contributed by atoms with E-state index in [2.05, 4.69) is 15.5 Å². The van der Waals surface area contributed by atoms with Gasteiger partial charge in [0.15, 0.2) is 0 Å². The quantitative estimate of drug-likeness (QED) is 0.609. The smallest absolute Gasteiger partial charge is 0.234 e. The zero-order valence-corrected chi connectivity index (χ0v) is 12.7. The van der Waals surface area contributed by atoms with Crippen LogP contribution in [0.5, 0.6) is 0 Å². The van der Waals surface area contributed by atoms with E-state index in [-0.39, 0.29) is 5.91 Å². The maximum Gasteiger partial charge on any atom is 0.234 e. The molecule has 0 bridgehead atoms. The van der Waals surface area contributed by atoms with Crippen molar-refractivity contribution >= 4 is 5.91 Å². The van der Waals surface area contributed by atoms with Crippen LogP contribution in [0, 0.1) is 5.92 Å². The molecule has 2 N–H and O–H groups in total. The number of piperidine rings is 1. The molecule has 1 amide bonds. The van der Waals surface area contributed by atoms with E-state index in [0.717, 1.165) is 25.4 Å². The Morgan fingerprint density at radius 2 is 2.00 bits per heavy atom. The van der Waals surface area contributed by atoms with Crippen LogP contribution in [0.25, 0.3) is 0 Å². The Balaban J connectivity index is 1.50. The second kappa shape index (κ2) is 8.60. The number of ether oxygens (including phenoxy) is 1. The largest absolute Gasteiger partial charge is 0.385 e. The Labute approximate surface area is 122 Å². The molecule has 0 aromatic carbocycles. The standard InChI is InChI=1S/C15H29N3O2/c1-20-10-2-7-16-15(19)12-18-8-5-14(6-9-18)17-11-13-3-4-13/h13-14,17H,2-12H2,1H3,(H,16,19). The monoisotopic (exact) mass is 283 g/mol. The lowest BCUT2D eigenvalue weighted by molar-refractivity contribution is -0.122. The van der Waals surface area contributed by atoms with Gasteiger partial charge in [-0.3, -0.25) is 9.69 Å². The molecule has 2 aliphatic rings. The number of methoxy groups -OCH3 is 1. The van der Waals surface area contributed by atoms with Gasteiger partial charge in [0.2, 0.25) is 5.91 Å². The van der Waals surface area contributed by atoms with Gasteiger partial charge in [-0.25, -0.2) is 0 Å². The number of nitrogens with zero attached hydrogens (tertiary/aromatic N) is 1. The van der Waals surface area contributed by atoms with E-state index in [4.69, 9.17) is 4.74 Å². The van der Waals surface area contributed by atoms with E-state index in [1.807, 2.05) is 0 Å². The molecular formula is C15H29N3O2. The summed E-state index contributed by atoms with van der Waals surface area (Å²) >= 11 is 0. The Morgan fingerprint density at radius 3 is 2.65 bits per heavy atom. The fourth-order valence-corrected chi connectivity index (χ4v) is 2.65. The van der Waals surface area contributed by atoms with Gasteiger partial charge in [-0.2, -0.15) is 0 Å². The molecule has 1 heterocycles. The molecule has 0 unspecified atom stereocenters. The van der Waals surface area contributed by atoms with Gasteiger partial charge in [-0.1, -0.05) is 0 Å². The lowest BCUT2D eigenvalue weighted by Gasteiger charge is -2.32. The van der Waals surface area contributed by atoms with Crippen LogP contribution in [0.4, 0.5) is 0 Å². The molecule has 0 spiro atoms. The zero-order chi connectivity index (χ0) is 14.2. The van der Waals surface area contributed by atoms with Gasteiger partial charge in [0, 0.05) is 39.4 Å². The summed E-state index contributed by atoms with van der Waals surface area (Å²) in [5, 5.41) is 6.61. The Bertz CT molecular complexity index is 287. The highest BCUT2D eigenvalue weighted by Gasteiger charge is 2.24. The third-order valence-electron chi connectivity index (χ3n) is 4.19. The summed E-state index contributed by atoms with van der Waals surface area (Å²) in [5.74, 6) is 1.09. The molecule has 1 saturated heterocycles. The molecule has 0 atom stereocenters. The van der Waals surface area contributed by atoms with Crippen molar-refractivity contribution < 1.29 is 9.53 Å². The highest BCUT2D eigenvalue weighted by molar-refractivity contribution is 5.77. The van der Waals surface area contributed by atoms with E-state index in [1.165, 1.54) is 32.2 Å². The number of amides is 1. The maximum absolute atomic E-state index is 11.8. The number of hydrogen-bond acceptors (Lipinski definition) is 4. The van der Waals surface area contributed by atoms with Crippen LogP contribution in [0.1, 0.15) is 32.1 Å².